The fraction of sp³-hybridized carbons (Fsp3) is 0.200. The van der Waals surface area contributed by atoms with Crippen molar-refractivity contribution < 1.29 is 9.47 Å². The first-order valence-corrected chi connectivity index (χ1v) is 13.5. The van der Waals surface area contributed by atoms with Crippen LogP contribution in [0.5, 0.6) is 11.5 Å². The minimum absolute atomic E-state index is 0.0537. The lowest BCUT2D eigenvalue weighted by molar-refractivity contribution is 0.311. The van der Waals surface area contributed by atoms with Gasteiger partial charge in [-0.1, -0.05) is 65.4 Å². The molecule has 37 heavy (non-hydrogen) atoms. The van der Waals surface area contributed by atoms with Gasteiger partial charge in [0.05, 0.1) is 30.0 Å². The summed E-state index contributed by atoms with van der Waals surface area (Å²) in [6.45, 7) is 2.48. The number of hydrogen-bond acceptors (Lipinski definition) is 5. The second-order valence-corrected chi connectivity index (χ2v) is 10.5. The number of methoxy groups -OCH3 is 1. The van der Waals surface area contributed by atoms with Crippen molar-refractivity contribution in [3.63, 3.8) is 0 Å². The third-order valence-corrected chi connectivity index (χ3v) is 8.08. The number of thiazole rings is 1. The highest BCUT2D eigenvalue weighted by Crippen LogP contribution is 2.41. The van der Waals surface area contributed by atoms with E-state index in [1.807, 2.05) is 60.0 Å². The lowest BCUT2D eigenvalue weighted by Gasteiger charge is -2.30. The van der Waals surface area contributed by atoms with Gasteiger partial charge in [-0.3, -0.25) is 9.36 Å². The maximum absolute atomic E-state index is 13.9. The van der Waals surface area contributed by atoms with Gasteiger partial charge in [-0.15, -0.1) is 0 Å². The number of aromatic nitrogens is 1. The van der Waals surface area contributed by atoms with Gasteiger partial charge in [-0.25, -0.2) is 4.99 Å². The second kappa shape index (κ2) is 9.69. The third-order valence-electron chi connectivity index (χ3n) is 6.84. The topological polar surface area (TPSA) is 52.8 Å². The number of ether oxygens (including phenoxy) is 2. The van der Waals surface area contributed by atoms with E-state index < -0.39 is 0 Å². The van der Waals surface area contributed by atoms with E-state index in [2.05, 4.69) is 24.3 Å². The van der Waals surface area contributed by atoms with E-state index in [0.29, 0.717) is 32.5 Å². The molecule has 0 fully saturated rings. The smallest absolute Gasteiger partial charge is 0.271 e. The first-order valence-electron chi connectivity index (χ1n) is 12.3. The number of aryl methyl sites for hydroxylation is 1. The first-order chi connectivity index (χ1) is 18.1. The van der Waals surface area contributed by atoms with Crippen LogP contribution in [-0.4, -0.2) is 18.3 Å². The Hall–Kier alpha value is -3.61. The van der Waals surface area contributed by atoms with Crippen molar-refractivity contribution in [3.8, 4) is 11.5 Å². The van der Waals surface area contributed by atoms with Crippen LogP contribution >= 0.6 is 22.9 Å². The van der Waals surface area contributed by atoms with Gasteiger partial charge in [0.15, 0.2) is 16.3 Å². The Kier molecular flexibility index (Phi) is 6.22. The number of halogens is 1. The summed E-state index contributed by atoms with van der Waals surface area (Å²) in [5.74, 6) is 1.31. The quantitative estimate of drug-likeness (QED) is 0.349. The molecule has 6 rings (SSSR count). The summed E-state index contributed by atoms with van der Waals surface area (Å²) in [7, 11) is 1.62. The van der Waals surface area contributed by atoms with Gasteiger partial charge in [0.25, 0.3) is 5.56 Å². The van der Waals surface area contributed by atoms with Crippen molar-refractivity contribution >= 4 is 34.7 Å². The molecule has 2 aliphatic rings. The molecule has 0 spiro atoms. The van der Waals surface area contributed by atoms with Crippen molar-refractivity contribution in [1.29, 1.82) is 0 Å². The summed E-state index contributed by atoms with van der Waals surface area (Å²) in [5.41, 5.74) is 6.43. The van der Waals surface area contributed by atoms with Crippen LogP contribution in [0.3, 0.4) is 0 Å². The SMILES string of the molecule is CCOc1ccc(C=c2sc3n(c2=O)C(c2ccc(Cl)cc2)C2=C(N=3)c3ccccc3CC2)cc1OC. The zero-order chi connectivity index (χ0) is 25.5. The number of allylic oxidation sites excluding steroid dienone is 1. The second-order valence-electron chi connectivity index (χ2n) is 9.01. The van der Waals surface area contributed by atoms with Crippen molar-refractivity contribution in [3.05, 3.63) is 119 Å². The molecule has 0 radical (unpaired) electrons. The van der Waals surface area contributed by atoms with Crippen LogP contribution in [0.25, 0.3) is 11.8 Å². The number of benzene rings is 3. The van der Waals surface area contributed by atoms with Gasteiger partial charge >= 0.3 is 0 Å². The van der Waals surface area contributed by atoms with Crippen LogP contribution in [-0.2, 0) is 6.42 Å². The molecule has 0 saturated heterocycles. The van der Waals surface area contributed by atoms with E-state index in [-0.39, 0.29) is 11.6 Å². The Bertz CT molecular complexity index is 1720. The van der Waals surface area contributed by atoms with Crippen molar-refractivity contribution in [2.24, 2.45) is 4.99 Å². The Morgan fingerprint density at radius 3 is 2.68 bits per heavy atom. The van der Waals surface area contributed by atoms with Gasteiger partial charge in [-0.05, 0) is 72.4 Å². The number of nitrogens with zero attached hydrogens (tertiary/aromatic N) is 2. The molecular weight excluding hydrogens is 504 g/mol. The normalized spacial score (nSPS) is 16.5. The van der Waals surface area contributed by atoms with E-state index in [1.54, 1.807) is 7.11 Å². The highest BCUT2D eigenvalue weighted by Gasteiger charge is 2.32. The van der Waals surface area contributed by atoms with Crippen molar-refractivity contribution in [2.75, 3.05) is 13.7 Å². The van der Waals surface area contributed by atoms with Gasteiger partial charge in [0.1, 0.15) is 0 Å². The summed E-state index contributed by atoms with van der Waals surface area (Å²) >= 11 is 7.63. The van der Waals surface area contributed by atoms with Gasteiger partial charge in [-0.2, -0.15) is 0 Å². The monoisotopic (exact) mass is 528 g/mol. The van der Waals surface area contributed by atoms with Crippen LogP contribution in [0.15, 0.2) is 82.1 Å². The largest absolute Gasteiger partial charge is 0.493 e. The van der Waals surface area contributed by atoms with Crippen LogP contribution < -0.4 is 24.4 Å². The molecule has 1 atom stereocenters. The lowest BCUT2D eigenvalue weighted by Crippen LogP contribution is -2.38. The summed E-state index contributed by atoms with van der Waals surface area (Å²) < 4.78 is 13.6. The molecule has 1 aliphatic carbocycles. The molecule has 4 aromatic rings. The molecule has 5 nitrogen and oxygen atoms in total. The molecule has 1 unspecified atom stereocenters. The van der Waals surface area contributed by atoms with E-state index in [9.17, 15) is 4.79 Å². The van der Waals surface area contributed by atoms with Crippen molar-refractivity contribution in [1.82, 2.24) is 4.57 Å². The van der Waals surface area contributed by atoms with E-state index in [4.69, 9.17) is 26.1 Å². The summed E-state index contributed by atoms with van der Waals surface area (Å²) in [6, 6.07) is 21.7. The Morgan fingerprint density at radius 2 is 1.89 bits per heavy atom. The highest BCUT2D eigenvalue weighted by atomic mass is 35.5. The summed E-state index contributed by atoms with van der Waals surface area (Å²) in [4.78, 5) is 19.7. The fourth-order valence-corrected chi connectivity index (χ4v) is 6.29. The summed E-state index contributed by atoms with van der Waals surface area (Å²) in [5, 5.41) is 0.670. The molecule has 0 saturated carbocycles. The standard InChI is InChI=1S/C30H25ClN2O3S/c1-3-36-24-15-8-18(16-25(24)35-2)17-26-29(34)33-28(20-9-12-21(31)13-10-20)23-14-11-19-6-4-5-7-22(19)27(23)32-30(33)37-26/h4-10,12-13,15-17,28H,3,11,14H2,1-2H3. The molecular formula is C30H25ClN2O3S. The molecule has 0 N–H and O–H groups in total. The minimum atomic E-state index is -0.228. The molecule has 0 bridgehead atoms. The predicted molar refractivity (Wildman–Crippen MR) is 148 cm³/mol. The van der Waals surface area contributed by atoms with Crippen LogP contribution in [0, 0.1) is 0 Å². The summed E-state index contributed by atoms with van der Waals surface area (Å²) in [6.07, 6.45) is 3.67. The third kappa shape index (κ3) is 4.20. The Balaban J connectivity index is 1.56. The van der Waals surface area contributed by atoms with E-state index >= 15 is 0 Å². The average Bonchev–Trinajstić information content (AvgIpc) is 3.23. The number of hydrogen-bond donors (Lipinski definition) is 0. The zero-order valence-corrected chi connectivity index (χ0v) is 22.1. The molecule has 7 heteroatoms. The maximum atomic E-state index is 13.9. The van der Waals surface area contributed by atoms with Gasteiger partial charge < -0.3 is 9.47 Å². The molecule has 3 aromatic carbocycles. The van der Waals surface area contributed by atoms with Crippen LogP contribution in [0.1, 0.15) is 41.6 Å². The molecule has 1 aromatic heterocycles. The Labute approximate surface area is 223 Å². The highest BCUT2D eigenvalue weighted by molar-refractivity contribution is 7.07. The number of rotatable bonds is 5. The minimum Gasteiger partial charge on any atom is -0.493 e. The number of fused-ring (bicyclic) bond motifs is 3. The van der Waals surface area contributed by atoms with Gasteiger partial charge in [0.2, 0.25) is 0 Å². The lowest BCUT2D eigenvalue weighted by atomic mass is 9.83. The Morgan fingerprint density at radius 1 is 1.08 bits per heavy atom. The van der Waals surface area contributed by atoms with Crippen LogP contribution in [0.2, 0.25) is 5.02 Å². The van der Waals surface area contributed by atoms with Crippen LogP contribution in [0.4, 0.5) is 0 Å². The zero-order valence-electron chi connectivity index (χ0n) is 20.5. The molecule has 0 amide bonds. The molecule has 1 aliphatic heterocycles. The van der Waals surface area contributed by atoms with E-state index in [0.717, 1.165) is 35.2 Å². The first kappa shape index (κ1) is 23.8. The molecule has 2 heterocycles. The van der Waals surface area contributed by atoms with Crippen molar-refractivity contribution in [2.45, 2.75) is 25.8 Å². The van der Waals surface area contributed by atoms with Gasteiger partial charge in [0, 0.05) is 10.6 Å². The maximum Gasteiger partial charge on any atom is 0.271 e. The average molecular weight is 529 g/mol. The van der Waals surface area contributed by atoms with E-state index in [1.165, 1.54) is 22.5 Å². The molecule has 186 valence electrons. The fourth-order valence-electron chi connectivity index (χ4n) is 5.17. The predicted octanol–water partition coefficient (Wildman–Crippen LogP) is 5.38.